The van der Waals surface area contributed by atoms with Gasteiger partial charge in [0.2, 0.25) is 0 Å². The van der Waals surface area contributed by atoms with Gasteiger partial charge in [-0.2, -0.15) is 0 Å². The van der Waals surface area contributed by atoms with Gasteiger partial charge in [0.1, 0.15) is 35.4 Å². The minimum absolute atomic E-state index is 0.120. The van der Waals surface area contributed by atoms with Crippen LogP contribution in [0, 0.1) is 0 Å². The fraction of sp³-hybridized carbons (Fsp3) is 0.333. The molecule has 7 aromatic rings. The molecule has 4 heterocycles. The predicted molar refractivity (Wildman–Crippen MR) is 230 cm³/mol. The zero-order valence-corrected chi connectivity index (χ0v) is 33.6. The van der Waals surface area contributed by atoms with Gasteiger partial charge in [-0.15, -0.1) is 0 Å². The van der Waals surface area contributed by atoms with Crippen molar-refractivity contribution in [2.45, 2.75) is 63.4 Å². The van der Waals surface area contributed by atoms with Gasteiger partial charge in [0.15, 0.2) is 0 Å². The Hall–Kier alpha value is -5.52. The van der Waals surface area contributed by atoms with Crippen molar-refractivity contribution >= 4 is 22.1 Å². The third-order valence-electron chi connectivity index (χ3n) is 11.5. The molecule has 2 aromatic heterocycles. The van der Waals surface area contributed by atoms with E-state index in [0.29, 0.717) is 5.75 Å². The summed E-state index contributed by atoms with van der Waals surface area (Å²) in [6.45, 7) is 6.12. The number of piperidine rings is 2. The van der Waals surface area contributed by atoms with Gasteiger partial charge in [0.25, 0.3) is 0 Å². The quantitative estimate of drug-likeness (QED) is 0.109. The van der Waals surface area contributed by atoms with Gasteiger partial charge >= 0.3 is 0 Å². The summed E-state index contributed by atoms with van der Waals surface area (Å²) < 4.78 is 13.2. The van der Waals surface area contributed by atoms with Gasteiger partial charge in [-0.1, -0.05) is 97.9 Å². The lowest BCUT2D eigenvalue weighted by atomic mass is 9.98. The maximum absolute atomic E-state index is 11.3. The number of nitrogens with one attached hydrogen (secondary N) is 2. The molecule has 0 saturated carbocycles. The first-order valence-electron chi connectivity index (χ1n) is 20.6. The van der Waals surface area contributed by atoms with E-state index in [-0.39, 0.29) is 18.0 Å². The number of likely N-dealkylation sites (tertiary alicyclic amines) is 2. The SMILES string of the molecule is CCc1cccc(C(OC2CCN(C)CC2)c2nc3ccccc3[nH]2)c1O.CN1CCC(OC(c2nc3ccccc3[nH]2)c2cccc(-c3ccccc3)c2O)CC1. The van der Waals surface area contributed by atoms with Gasteiger partial charge in [0.05, 0.1) is 34.3 Å². The van der Waals surface area contributed by atoms with Crippen LogP contribution >= 0.6 is 0 Å². The second kappa shape index (κ2) is 18.0. The molecule has 300 valence electrons. The Bertz CT molecular complexity index is 2350. The van der Waals surface area contributed by atoms with Gasteiger partial charge in [-0.3, -0.25) is 0 Å². The Balaban J connectivity index is 0.000000164. The van der Waals surface area contributed by atoms with Crippen molar-refractivity contribution in [1.82, 2.24) is 29.7 Å². The Morgan fingerprint density at radius 3 is 1.55 bits per heavy atom. The summed E-state index contributed by atoms with van der Waals surface area (Å²) in [5.74, 6) is 2.03. The molecule has 0 radical (unpaired) electrons. The monoisotopic (exact) mass is 778 g/mol. The minimum Gasteiger partial charge on any atom is -0.507 e. The van der Waals surface area contributed by atoms with Gasteiger partial charge in [-0.25, -0.2) is 9.97 Å². The lowest BCUT2D eigenvalue weighted by molar-refractivity contribution is -0.0272. The lowest BCUT2D eigenvalue weighted by Gasteiger charge is -2.31. The number of rotatable bonds is 10. The highest BCUT2D eigenvalue weighted by Crippen LogP contribution is 2.40. The molecule has 2 aliphatic heterocycles. The lowest BCUT2D eigenvalue weighted by Crippen LogP contribution is -2.35. The molecule has 9 rings (SSSR count). The summed E-state index contributed by atoms with van der Waals surface area (Å²) in [6.07, 6.45) is 4.09. The number of phenolic OH excluding ortho intramolecular Hbond substituents is 2. The van der Waals surface area contributed by atoms with Crippen LogP contribution in [0.3, 0.4) is 0 Å². The van der Waals surface area contributed by atoms with Crippen LogP contribution in [0.15, 0.2) is 115 Å². The van der Waals surface area contributed by atoms with E-state index >= 15 is 0 Å². The minimum atomic E-state index is -0.468. The van der Waals surface area contributed by atoms with E-state index in [1.807, 2.05) is 122 Å². The average Bonchev–Trinajstić information content (AvgIpc) is 3.89. The highest BCUT2D eigenvalue weighted by atomic mass is 16.5. The van der Waals surface area contributed by atoms with Gasteiger partial charge < -0.3 is 39.5 Å². The Kier molecular flexibility index (Phi) is 12.2. The molecule has 2 unspecified atom stereocenters. The molecule has 0 aliphatic carbocycles. The number of hydrogen-bond donors (Lipinski definition) is 4. The highest BCUT2D eigenvalue weighted by molar-refractivity contribution is 5.76. The number of aromatic amines is 2. The fourth-order valence-electron chi connectivity index (χ4n) is 8.12. The van der Waals surface area contributed by atoms with Crippen LogP contribution < -0.4 is 0 Å². The average molecular weight is 779 g/mol. The highest BCUT2D eigenvalue weighted by Gasteiger charge is 2.30. The summed E-state index contributed by atoms with van der Waals surface area (Å²) in [5.41, 5.74) is 7.98. The molecule has 0 spiro atoms. The maximum Gasteiger partial charge on any atom is 0.144 e. The largest absolute Gasteiger partial charge is 0.507 e. The van der Waals surface area contributed by atoms with Crippen molar-refractivity contribution in [3.63, 3.8) is 0 Å². The van der Waals surface area contributed by atoms with Crippen molar-refractivity contribution in [3.8, 4) is 22.6 Å². The summed E-state index contributed by atoms with van der Waals surface area (Å²) in [7, 11) is 4.28. The Morgan fingerprint density at radius 1 is 0.586 bits per heavy atom. The zero-order valence-electron chi connectivity index (χ0n) is 33.6. The van der Waals surface area contributed by atoms with E-state index in [9.17, 15) is 10.2 Å². The number of phenols is 2. The number of aromatic nitrogens is 4. The van der Waals surface area contributed by atoms with Crippen molar-refractivity contribution in [2.75, 3.05) is 40.3 Å². The molecule has 2 saturated heterocycles. The number of nitrogens with zero attached hydrogens (tertiary/aromatic N) is 4. The summed E-state index contributed by atoms with van der Waals surface area (Å²) in [4.78, 5) is 21.0. The van der Waals surface area contributed by atoms with E-state index in [1.165, 1.54) is 0 Å². The molecule has 58 heavy (non-hydrogen) atoms. The third-order valence-corrected chi connectivity index (χ3v) is 11.5. The van der Waals surface area contributed by atoms with Gasteiger partial charge in [0, 0.05) is 42.9 Å². The summed E-state index contributed by atoms with van der Waals surface area (Å²) in [6, 6.07) is 37.7. The number of fused-ring (bicyclic) bond motifs is 2. The summed E-state index contributed by atoms with van der Waals surface area (Å²) in [5, 5.41) is 22.1. The second-order valence-corrected chi connectivity index (χ2v) is 15.6. The number of hydrogen-bond acceptors (Lipinski definition) is 8. The van der Waals surface area contributed by atoms with Crippen LogP contribution in [0.2, 0.25) is 0 Å². The number of aromatic hydroxyl groups is 2. The molecule has 10 nitrogen and oxygen atoms in total. The number of imidazole rings is 2. The van der Waals surface area contributed by atoms with Crippen molar-refractivity contribution in [2.24, 2.45) is 0 Å². The molecule has 2 aliphatic rings. The first kappa shape index (κ1) is 39.3. The van der Waals surface area contributed by atoms with Gasteiger partial charge in [-0.05, 0) is 81.6 Å². The molecule has 2 fully saturated rings. The number of ether oxygens (including phenoxy) is 2. The van der Waals surface area contributed by atoms with Crippen LogP contribution in [0.25, 0.3) is 33.2 Å². The molecule has 0 amide bonds. The molecule has 4 N–H and O–H groups in total. The fourth-order valence-corrected chi connectivity index (χ4v) is 8.12. The first-order chi connectivity index (χ1) is 28.3. The number of aryl methyl sites for hydroxylation is 1. The standard InChI is InChI=1S/C26H27N3O2.C22H27N3O2/c1-29-16-14-19(15-17-29)31-25(26-27-22-12-5-6-13-23(22)28-26)21-11-7-10-20(24(21)30)18-8-3-2-4-9-18;1-3-15-7-6-8-17(20(15)26)21(27-16-11-13-25(2)14-12-16)22-23-18-9-4-5-10-19(18)24-22/h2-13,19,25,30H,14-17H2,1H3,(H,27,28);4-10,16,21,26H,3,11-14H2,1-2H3,(H,23,24). The Morgan fingerprint density at radius 2 is 1.05 bits per heavy atom. The van der Waals surface area contributed by atoms with E-state index in [2.05, 4.69) is 33.9 Å². The van der Waals surface area contributed by atoms with E-state index in [0.717, 1.165) is 120 Å². The Labute approximate surface area is 340 Å². The summed E-state index contributed by atoms with van der Waals surface area (Å²) >= 11 is 0. The van der Waals surface area contributed by atoms with Crippen molar-refractivity contribution in [1.29, 1.82) is 0 Å². The molecule has 5 aromatic carbocycles. The molecular formula is C48H54N6O4. The number of H-pyrrole nitrogens is 2. The van der Waals surface area contributed by atoms with Crippen LogP contribution in [-0.4, -0.2) is 92.4 Å². The molecule has 10 heteroatoms. The topological polar surface area (TPSA) is 123 Å². The van der Waals surface area contributed by atoms with E-state index in [4.69, 9.17) is 19.4 Å². The molecule has 0 bridgehead atoms. The van der Waals surface area contributed by atoms with Crippen molar-refractivity contribution < 1.29 is 19.7 Å². The van der Waals surface area contributed by atoms with Crippen LogP contribution in [0.4, 0.5) is 0 Å². The second-order valence-electron chi connectivity index (χ2n) is 15.6. The third kappa shape index (κ3) is 8.80. The molecular weight excluding hydrogens is 725 g/mol. The molecule has 2 atom stereocenters. The zero-order chi connectivity index (χ0) is 40.0. The number of para-hydroxylation sites is 6. The predicted octanol–water partition coefficient (Wildman–Crippen LogP) is 9.17. The normalized spacial score (nSPS) is 16.9. The number of benzene rings is 5. The van der Waals surface area contributed by atoms with Crippen LogP contribution in [0.5, 0.6) is 11.5 Å². The maximum atomic E-state index is 11.3. The van der Waals surface area contributed by atoms with Crippen LogP contribution in [0.1, 0.15) is 73.2 Å². The van der Waals surface area contributed by atoms with Crippen LogP contribution in [-0.2, 0) is 15.9 Å². The van der Waals surface area contributed by atoms with Crippen molar-refractivity contribution in [3.05, 3.63) is 144 Å². The smallest absolute Gasteiger partial charge is 0.144 e. The van der Waals surface area contributed by atoms with E-state index in [1.54, 1.807) is 0 Å². The van der Waals surface area contributed by atoms with E-state index < -0.39 is 12.2 Å². The first-order valence-corrected chi connectivity index (χ1v) is 20.6.